The molecule has 2 aromatic rings. The molecule has 19 heavy (non-hydrogen) atoms. The lowest BCUT2D eigenvalue weighted by Gasteiger charge is -2.35. The quantitative estimate of drug-likeness (QED) is 0.919. The Labute approximate surface area is 116 Å². The average Bonchev–Trinajstić information content (AvgIpc) is 2.85. The normalized spacial score (nSPS) is 15.1. The van der Waals surface area contributed by atoms with E-state index in [1.165, 1.54) is 0 Å². The van der Waals surface area contributed by atoms with Crippen LogP contribution in [0.4, 0.5) is 5.95 Å². The summed E-state index contributed by atoms with van der Waals surface area (Å²) in [4.78, 5) is 11.1. The molecule has 3 rings (SSSR count). The maximum Gasteiger partial charge on any atom is 0.225 e. The fourth-order valence-electron chi connectivity index (χ4n) is 2.02. The van der Waals surface area contributed by atoms with Crippen molar-refractivity contribution in [3.63, 3.8) is 0 Å². The van der Waals surface area contributed by atoms with Crippen LogP contribution in [0.2, 0.25) is 0 Å². The smallest absolute Gasteiger partial charge is 0.225 e. The zero-order chi connectivity index (χ0) is 13.2. The van der Waals surface area contributed by atoms with Gasteiger partial charge in [-0.05, 0) is 17.5 Å². The van der Waals surface area contributed by atoms with E-state index >= 15 is 0 Å². The number of likely N-dealkylation sites (N-methyl/N-ethyl adjacent to an activating group) is 1. The van der Waals surface area contributed by atoms with Crippen LogP contribution in [0, 0.1) is 0 Å². The number of anilines is 1. The molecule has 0 aliphatic carbocycles. The molecule has 0 unspecified atom stereocenters. The van der Waals surface area contributed by atoms with Gasteiger partial charge in [0.1, 0.15) is 0 Å². The molecule has 2 aromatic heterocycles. The summed E-state index contributed by atoms with van der Waals surface area (Å²) in [5.41, 5.74) is 1.93. The molecule has 0 bridgehead atoms. The van der Waals surface area contributed by atoms with Gasteiger partial charge < -0.3 is 15.0 Å². The zero-order valence-corrected chi connectivity index (χ0v) is 11.8. The largest absolute Gasteiger partial charge is 0.487 e. The van der Waals surface area contributed by atoms with Crippen molar-refractivity contribution in [1.29, 1.82) is 0 Å². The van der Waals surface area contributed by atoms with Gasteiger partial charge in [-0.2, -0.15) is 0 Å². The van der Waals surface area contributed by atoms with Crippen molar-refractivity contribution in [3.05, 3.63) is 23.7 Å². The van der Waals surface area contributed by atoms with Gasteiger partial charge in [0.05, 0.1) is 24.4 Å². The van der Waals surface area contributed by atoms with Crippen molar-refractivity contribution in [2.45, 2.75) is 6.04 Å². The SMILES string of the molecule is COc1sccc1-c1ccnc(N(C)C2CNC2)n1. The molecule has 1 saturated heterocycles. The number of aromatic nitrogens is 2. The highest BCUT2D eigenvalue weighted by Gasteiger charge is 2.23. The van der Waals surface area contributed by atoms with Gasteiger partial charge >= 0.3 is 0 Å². The number of methoxy groups -OCH3 is 1. The van der Waals surface area contributed by atoms with E-state index in [0.717, 1.165) is 35.4 Å². The van der Waals surface area contributed by atoms with Crippen molar-refractivity contribution in [2.75, 3.05) is 32.1 Å². The summed E-state index contributed by atoms with van der Waals surface area (Å²) in [5, 5.41) is 6.15. The number of hydrogen-bond donors (Lipinski definition) is 1. The van der Waals surface area contributed by atoms with E-state index in [4.69, 9.17) is 4.74 Å². The van der Waals surface area contributed by atoms with E-state index < -0.39 is 0 Å². The van der Waals surface area contributed by atoms with Crippen LogP contribution in [-0.2, 0) is 0 Å². The fourth-order valence-corrected chi connectivity index (χ4v) is 2.75. The summed E-state index contributed by atoms with van der Waals surface area (Å²) in [5.74, 6) is 0.761. The lowest BCUT2D eigenvalue weighted by molar-refractivity contribution is 0.424. The number of hydrogen-bond acceptors (Lipinski definition) is 6. The lowest BCUT2D eigenvalue weighted by Crippen LogP contribution is -2.56. The summed E-state index contributed by atoms with van der Waals surface area (Å²) in [6.07, 6.45) is 1.80. The topological polar surface area (TPSA) is 50.3 Å². The van der Waals surface area contributed by atoms with E-state index in [-0.39, 0.29) is 0 Å². The lowest BCUT2D eigenvalue weighted by atomic mass is 10.1. The molecule has 1 aliphatic rings. The Morgan fingerprint density at radius 1 is 1.42 bits per heavy atom. The second kappa shape index (κ2) is 5.14. The second-order valence-corrected chi connectivity index (χ2v) is 5.37. The molecule has 1 N–H and O–H groups in total. The van der Waals surface area contributed by atoms with E-state index in [9.17, 15) is 0 Å². The Hall–Kier alpha value is -1.66. The van der Waals surface area contributed by atoms with E-state index in [0.29, 0.717) is 6.04 Å². The minimum atomic E-state index is 0.486. The highest BCUT2D eigenvalue weighted by molar-refractivity contribution is 7.12. The van der Waals surface area contributed by atoms with Gasteiger partial charge in [0.25, 0.3) is 0 Å². The Balaban J connectivity index is 1.91. The first kappa shape index (κ1) is 12.4. The predicted molar refractivity (Wildman–Crippen MR) is 77.0 cm³/mol. The molecule has 0 saturated carbocycles. The second-order valence-electron chi connectivity index (χ2n) is 4.49. The third-order valence-electron chi connectivity index (χ3n) is 3.36. The first-order valence-electron chi connectivity index (χ1n) is 6.18. The molecular formula is C13H16N4OS. The van der Waals surface area contributed by atoms with Crippen LogP contribution in [0.1, 0.15) is 0 Å². The van der Waals surface area contributed by atoms with Crippen molar-refractivity contribution >= 4 is 17.3 Å². The van der Waals surface area contributed by atoms with E-state index in [2.05, 4.69) is 20.2 Å². The van der Waals surface area contributed by atoms with Crippen molar-refractivity contribution in [1.82, 2.24) is 15.3 Å². The summed E-state index contributed by atoms with van der Waals surface area (Å²) < 4.78 is 5.35. The van der Waals surface area contributed by atoms with Crippen molar-refractivity contribution in [3.8, 4) is 16.3 Å². The molecule has 6 heteroatoms. The third-order valence-corrected chi connectivity index (χ3v) is 4.23. The van der Waals surface area contributed by atoms with Gasteiger partial charge in [0.2, 0.25) is 5.95 Å². The highest BCUT2D eigenvalue weighted by atomic mass is 32.1. The molecule has 5 nitrogen and oxygen atoms in total. The molecule has 1 aliphatic heterocycles. The molecule has 1 fully saturated rings. The van der Waals surface area contributed by atoms with E-state index in [1.807, 2.05) is 24.6 Å². The fraction of sp³-hybridized carbons (Fsp3) is 0.385. The molecule has 0 radical (unpaired) electrons. The van der Waals surface area contributed by atoms with Crippen LogP contribution in [0.3, 0.4) is 0 Å². The van der Waals surface area contributed by atoms with Crippen LogP contribution in [0.15, 0.2) is 23.7 Å². The number of nitrogens with one attached hydrogen (secondary N) is 1. The Morgan fingerprint density at radius 2 is 2.26 bits per heavy atom. The molecule has 0 spiro atoms. The van der Waals surface area contributed by atoms with Gasteiger partial charge in [-0.15, -0.1) is 11.3 Å². The maximum atomic E-state index is 5.35. The number of thiophene rings is 1. The van der Waals surface area contributed by atoms with Gasteiger partial charge in [-0.3, -0.25) is 0 Å². The minimum Gasteiger partial charge on any atom is -0.487 e. The van der Waals surface area contributed by atoms with Crippen LogP contribution in [0.5, 0.6) is 5.06 Å². The summed E-state index contributed by atoms with van der Waals surface area (Å²) in [7, 11) is 3.72. The zero-order valence-electron chi connectivity index (χ0n) is 11.0. The van der Waals surface area contributed by atoms with Gasteiger partial charge in [0, 0.05) is 26.3 Å². The summed E-state index contributed by atoms with van der Waals surface area (Å²) in [6, 6.07) is 4.43. The van der Waals surface area contributed by atoms with Crippen LogP contribution in [0.25, 0.3) is 11.3 Å². The standard InChI is InChI=1S/C13H16N4OS/c1-17(9-7-14-8-9)13-15-5-3-11(16-13)10-4-6-19-12(10)18-2/h3-6,9,14H,7-8H2,1-2H3. The molecule has 3 heterocycles. The van der Waals surface area contributed by atoms with Crippen LogP contribution in [-0.4, -0.2) is 43.3 Å². The molecule has 0 amide bonds. The van der Waals surface area contributed by atoms with Crippen LogP contribution < -0.4 is 15.0 Å². The number of rotatable bonds is 4. The maximum absolute atomic E-state index is 5.35. The van der Waals surface area contributed by atoms with Crippen molar-refractivity contribution < 1.29 is 4.74 Å². The minimum absolute atomic E-state index is 0.486. The first-order valence-corrected chi connectivity index (χ1v) is 7.06. The number of ether oxygens (including phenoxy) is 1. The molecule has 0 aromatic carbocycles. The highest BCUT2D eigenvalue weighted by Crippen LogP contribution is 2.34. The molecule has 100 valence electrons. The Bertz CT molecular complexity index is 567. The Morgan fingerprint density at radius 3 is 2.95 bits per heavy atom. The predicted octanol–water partition coefficient (Wildman–Crippen LogP) is 1.62. The third kappa shape index (κ3) is 2.29. The Kier molecular flexibility index (Phi) is 3.35. The van der Waals surface area contributed by atoms with Crippen molar-refractivity contribution in [2.24, 2.45) is 0 Å². The summed E-state index contributed by atoms with van der Waals surface area (Å²) in [6.45, 7) is 1.98. The summed E-state index contributed by atoms with van der Waals surface area (Å²) >= 11 is 1.57. The van der Waals surface area contributed by atoms with Gasteiger partial charge in [-0.1, -0.05) is 0 Å². The van der Waals surface area contributed by atoms with Gasteiger partial charge in [0.15, 0.2) is 5.06 Å². The first-order chi connectivity index (χ1) is 9.29. The monoisotopic (exact) mass is 276 g/mol. The van der Waals surface area contributed by atoms with E-state index in [1.54, 1.807) is 24.6 Å². The molecular weight excluding hydrogens is 260 g/mol. The van der Waals surface area contributed by atoms with Crippen LogP contribution >= 0.6 is 11.3 Å². The molecule has 0 atom stereocenters. The number of nitrogens with zero attached hydrogens (tertiary/aromatic N) is 3. The average molecular weight is 276 g/mol. The van der Waals surface area contributed by atoms with Gasteiger partial charge in [-0.25, -0.2) is 9.97 Å².